The predicted molar refractivity (Wildman–Crippen MR) is 69.8 cm³/mol. The molecule has 0 amide bonds. The van der Waals surface area contributed by atoms with Gasteiger partial charge in [0.1, 0.15) is 5.82 Å². The van der Waals surface area contributed by atoms with Gasteiger partial charge in [-0.2, -0.15) is 0 Å². The van der Waals surface area contributed by atoms with Crippen LogP contribution < -0.4 is 5.73 Å². The van der Waals surface area contributed by atoms with Crippen LogP contribution in [0.5, 0.6) is 0 Å². The van der Waals surface area contributed by atoms with Crippen molar-refractivity contribution in [2.75, 3.05) is 0 Å². The molecular formula is C13H10FN3S. The summed E-state index contributed by atoms with van der Waals surface area (Å²) in [6.45, 7) is 0. The number of fused-ring (bicyclic) bond motifs is 1. The molecule has 2 N–H and O–H groups in total. The Morgan fingerprint density at radius 1 is 1.22 bits per heavy atom. The van der Waals surface area contributed by atoms with Crippen LogP contribution in [0.2, 0.25) is 0 Å². The average molecular weight is 259 g/mol. The Morgan fingerprint density at radius 3 is 2.89 bits per heavy atom. The van der Waals surface area contributed by atoms with Crippen LogP contribution in [0.15, 0.2) is 42.9 Å². The first-order valence-corrected chi connectivity index (χ1v) is 6.26. The molecule has 0 saturated heterocycles. The summed E-state index contributed by atoms with van der Waals surface area (Å²) >= 11 is 1.55. The first-order chi connectivity index (χ1) is 8.74. The summed E-state index contributed by atoms with van der Waals surface area (Å²) in [5.74, 6) is -0.236. The minimum absolute atomic E-state index is 0.236. The Bertz CT molecular complexity index is 681. The van der Waals surface area contributed by atoms with Crippen molar-refractivity contribution < 1.29 is 4.39 Å². The van der Waals surface area contributed by atoms with Gasteiger partial charge in [-0.15, -0.1) is 11.3 Å². The first-order valence-electron chi connectivity index (χ1n) is 5.44. The zero-order valence-electron chi connectivity index (χ0n) is 9.38. The number of hydrogen-bond acceptors (Lipinski definition) is 4. The van der Waals surface area contributed by atoms with Gasteiger partial charge in [0.05, 0.1) is 17.9 Å². The molecule has 0 aliphatic rings. The van der Waals surface area contributed by atoms with E-state index in [2.05, 4.69) is 9.97 Å². The molecule has 90 valence electrons. The molecule has 0 aliphatic heterocycles. The maximum Gasteiger partial charge on any atom is 0.123 e. The van der Waals surface area contributed by atoms with E-state index in [-0.39, 0.29) is 11.9 Å². The van der Waals surface area contributed by atoms with E-state index in [0.29, 0.717) is 5.69 Å². The van der Waals surface area contributed by atoms with E-state index in [0.717, 1.165) is 15.0 Å². The fourth-order valence-corrected chi connectivity index (χ4v) is 2.86. The number of benzene rings is 1. The van der Waals surface area contributed by atoms with Crippen molar-refractivity contribution in [3.8, 4) is 0 Å². The second kappa shape index (κ2) is 4.44. The molecule has 0 aliphatic carbocycles. The van der Waals surface area contributed by atoms with Crippen molar-refractivity contribution in [1.29, 1.82) is 0 Å². The number of nitrogens with two attached hydrogens (primary N) is 1. The summed E-state index contributed by atoms with van der Waals surface area (Å²) < 4.78 is 14.1. The fourth-order valence-electron chi connectivity index (χ4n) is 1.80. The highest BCUT2D eigenvalue weighted by atomic mass is 32.1. The van der Waals surface area contributed by atoms with E-state index < -0.39 is 0 Å². The van der Waals surface area contributed by atoms with Crippen LogP contribution in [0.25, 0.3) is 10.1 Å². The molecule has 0 saturated carbocycles. The van der Waals surface area contributed by atoms with Gasteiger partial charge in [-0.3, -0.25) is 9.97 Å². The minimum Gasteiger partial charge on any atom is -0.318 e. The molecule has 1 unspecified atom stereocenters. The number of nitrogens with zero attached hydrogens (tertiary/aromatic N) is 2. The Balaban J connectivity index is 2.04. The van der Waals surface area contributed by atoms with E-state index in [9.17, 15) is 4.39 Å². The molecule has 0 radical (unpaired) electrons. The molecule has 18 heavy (non-hydrogen) atoms. The second-order valence-corrected chi connectivity index (χ2v) is 5.05. The molecule has 2 heterocycles. The van der Waals surface area contributed by atoms with Gasteiger partial charge in [0.25, 0.3) is 0 Å². The van der Waals surface area contributed by atoms with Gasteiger partial charge in [-0.1, -0.05) is 0 Å². The van der Waals surface area contributed by atoms with Crippen molar-refractivity contribution in [3.05, 3.63) is 59.2 Å². The van der Waals surface area contributed by atoms with E-state index in [1.165, 1.54) is 12.1 Å². The van der Waals surface area contributed by atoms with Crippen LogP contribution in [0.1, 0.15) is 16.6 Å². The van der Waals surface area contributed by atoms with E-state index in [4.69, 9.17) is 5.73 Å². The Kier molecular flexibility index (Phi) is 2.77. The monoisotopic (exact) mass is 259 g/mol. The lowest BCUT2D eigenvalue weighted by Gasteiger charge is -2.06. The smallest absolute Gasteiger partial charge is 0.123 e. The highest BCUT2D eigenvalue weighted by molar-refractivity contribution is 7.19. The van der Waals surface area contributed by atoms with Crippen molar-refractivity contribution in [3.63, 3.8) is 0 Å². The highest BCUT2D eigenvalue weighted by Crippen LogP contribution is 2.31. The number of thiophene rings is 1. The standard InChI is InChI=1S/C13H10FN3S/c14-9-1-2-11-8(5-9)6-12(18-11)13(15)10-7-16-3-4-17-10/h1-7,13H,15H2. The quantitative estimate of drug-likeness (QED) is 0.770. The SMILES string of the molecule is NC(c1cnccn1)c1cc2cc(F)ccc2s1. The molecule has 3 nitrogen and oxygen atoms in total. The van der Waals surface area contributed by atoms with Crippen LogP contribution in [-0.2, 0) is 0 Å². The molecule has 1 atom stereocenters. The van der Waals surface area contributed by atoms with Crippen molar-refractivity contribution in [2.24, 2.45) is 5.73 Å². The summed E-state index contributed by atoms with van der Waals surface area (Å²) in [4.78, 5) is 9.14. The van der Waals surface area contributed by atoms with Gasteiger partial charge in [0, 0.05) is 22.0 Å². The van der Waals surface area contributed by atoms with Gasteiger partial charge in [0.2, 0.25) is 0 Å². The summed E-state index contributed by atoms with van der Waals surface area (Å²) in [6.07, 6.45) is 4.87. The Morgan fingerprint density at radius 2 is 2.11 bits per heavy atom. The molecular weight excluding hydrogens is 249 g/mol. The van der Waals surface area contributed by atoms with Gasteiger partial charge < -0.3 is 5.73 Å². The molecule has 2 aromatic heterocycles. The molecule has 0 bridgehead atoms. The van der Waals surface area contributed by atoms with Crippen LogP contribution in [0, 0.1) is 5.82 Å². The van der Waals surface area contributed by atoms with Crippen molar-refractivity contribution in [2.45, 2.75) is 6.04 Å². The molecule has 3 aromatic rings. The van der Waals surface area contributed by atoms with E-state index in [1.54, 1.807) is 36.0 Å². The third-order valence-electron chi connectivity index (χ3n) is 2.71. The lowest BCUT2D eigenvalue weighted by molar-refractivity contribution is 0.630. The average Bonchev–Trinajstić information content (AvgIpc) is 2.81. The van der Waals surface area contributed by atoms with Crippen molar-refractivity contribution in [1.82, 2.24) is 9.97 Å². The molecule has 5 heteroatoms. The number of aromatic nitrogens is 2. The maximum atomic E-state index is 13.1. The largest absolute Gasteiger partial charge is 0.318 e. The van der Waals surface area contributed by atoms with E-state index in [1.807, 2.05) is 6.07 Å². The normalized spacial score (nSPS) is 12.8. The summed E-state index contributed by atoms with van der Waals surface area (Å²) in [6, 6.07) is 6.32. The van der Waals surface area contributed by atoms with Crippen LogP contribution in [-0.4, -0.2) is 9.97 Å². The minimum atomic E-state index is -0.320. The first kappa shape index (κ1) is 11.3. The van der Waals surface area contributed by atoms with E-state index >= 15 is 0 Å². The van der Waals surface area contributed by atoms with Crippen LogP contribution in [0.4, 0.5) is 4.39 Å². The zero-order valence-corrected chi connectivity index (χ0v) is 10.2. The van der Waals surface area contributed by atoms with Crippen LogP contribution in [0.3, 0.4) is 0 Å². The predicted octanol–water partition coefficient (Wildman–Crippen LogP) is 2.88. The summed E-state index contributed by atoms with van der Waals surface area (Å²) in [5.41, 5.74) is 6.84. The third kappa shape index (κ3) is 1.98. The number of halogens is 1. The van der Waals surface area contributed by atoms with Crippen molar-refractivity contribution >= 4 is 21.4 Å². The maximum absolute atomic E-state index is 13.1. The lowest BCUT2D eigenvalue weighted by atomic mass is 10.1. The summed E-state index contributed by atoms with van der Waals surface area (Å²) in [7, 11) is 0. The number of rotatable bonds is 2. The highest BCUT2D eigenvalue weighted by Gasteiger charge is 2.13. The Hall–Kier alpha value is -1.85. The van der Waals surface area contributed by atoms with Gasteiger partial charge in [-0.25, -0.2) is 4.39 Å². The van der Waals surface area contributed by atoms with Gasteiger partial charge in [0.15, 0.2) is 0 Å². The fraction of sp³-hybridized carbons (Fsp3) is 0.0769. The third-order valence-corrected chi connectivity index (χ3v) is 3.90. The second-order valence-electron chi connectivity index (χ2n) is 3.94. The molecule has 0 fully saturated rings. The van der Waals surface area contributed by atoms with Gasteiger partial charge in [-0.05, 0) is 29.7 Å². The topological polar surface area (TPSA) is 51.8 Å². The number of hydrogen-bond donors (Lipinski definition) is 1. The zero-order chi connectivity index (χ0) is 12.5. The van der Waals surface area contributed by atoms with Crippen LogP contribution >= 0.6 is 11.3 Å². The molecule has 0 spiro atoms. The Labute approximate surface area is 107 Å². The lowest BCUT2D eigenvalue weighted by Crippen LogP contribution is -2.11. The molecule has 1 aromatic carbocycles. The summed E-state index contributed by atoms with van der Waals surface area (Å²) in [5, 5.41) is 0.870. The molecule has 3 rings (SSSR count). The van der Waals surface area contributed by atoms with Gasteiger partial charge >= 0.3 is 0 Å².